The van der Waals surface area contributed by atoms with Gasteiger partial charge in [-0.15, -0.1) is 0 Å². The summed E-state index contributed by atoms with van der Waals surface area (Å²) in [5.41, 5.74) is 1.47. The normalized spacial score (nSPS) is 27.1. The van der Waals surface area contributed by atoms with Crippen molar-refractivity contribution >= 4 is 0 Å². The quantitative estimate of drug-likeness (QED) is 0.876. The third-order valence-electron chi connectivity index (χ3n) is 4.41. The Morgan fingerprint density at radius 1 is 1.28 bits per heavy atom. The second-order valence-electron chi connectivity index (χ2n) is 5.90. The highest BCUT2D eigenvalue weighted by Gasteiger charge is 2.31. The second kappa shape index (κ2) is 5.41. The van der Waals surface area contributed by atoms with Crippen molar-refractivity contribution in [3.63, 3.8) is 0 Å². The molecule has 1 heterocycles. The van der Waals surface area contributed by atoms with E-state index in [1.165, 1.54) is 31.4 Å². The van der Waals surface area contributed by atoms with Crippen LogP contribution >= 0.6 is 0 Å². The Morgan fingerprint density at radius 2 is 2.06 bits per heavy atom. The Labute approximate surface area is 110 Å². The molecule has 1 aliphatic heterocycles. The molecule has 0 bridgehead atoms. The standard InChI is InChI=1S/C16H24N2/c1-13(11-14-7-8-14)18-10-9-17-12-16(18)15-5-3-2-4-6-15/h2-6,13-14,16-17H,7-12H2,1H3. The molecular formula is C16H24N2. The highest BCUT2D eigenvalue weighted by molar-refractivity contribution is 5.20. The molecule has 1 saturated carbocycles. The van der Waals surface area contributed by atoms with Gasteiger partial charge in [0.15, 0.2) is 0 Å². The van der Waals surface area contributed by atoms with E-state index in [0.29, 0.717) is 6.04 Å². The fourth-order valence-electron chi connectivity index (χ4n) is 3.20. The molecule has 2 atom stereocenters. The Morgan fingerprint density at radius 3 is 2.78 bits per heavy atom. The summed E-state index contributed by atoms with van der Waals surface area (Å²) in [5, 5.41) is 3.55. The molecule has 1 N–H and O–H groups in total. The van der Waals surface area contributed by atoms with Gasteiger partial charge in [-0.05, 0) is 24.8 Å². The van der Waals surface area contributed by atoms with Crippen molar-refractivity contribution in [1.82, 2.24) is 10.2 Å². The maximum Gasteiger partial charge on any atom is 0.0476 e. The Kier molecular flexibility index (Phi) is 3.67. The van der Waals surface area contributed by atoms with Crippen LogP contribution in [0, 0.1) is 5.92 Å². The van der Waals surface area contributed by atoms with Gasteiger partial charge in [-0.1, -0.05) is 43.2 Å². The topological polar surface area (TPSA) is 15.3 Å². The smallest absolute Gasteiger partial charge is 0.0476 e. The van der Waals surface area contributed by atoms with E-state index in [9.17, 15) is 0 Å². The van der Waals surface area contributed by atoms with Gasteiger partial charge < -0.3 is 5.32 Å². The van der Waals surface area contributed by atoms with Crippen molar-refractivity contribution in [2.75, 3.05) is 19.6 Å². The third kappa shape index (κ3) is 2.76. The number of nitrogens with one attached hydrogen (secondary N) is 1. The molecule has 1 saturated heterocycles. The minimum atomic E-state index is 0.564. The molecule has 2 aliphatic rings. The number of hydrogen-bond acceptors (Lipinski definition) is 2. The first-order valence-electron chi connectivity index (χ1n) is 7.36. The van der Waals surface area contributed by atoms with Gasteiger partial charge in [-0.3, -0.25) is 4.90 Å². The summed E-state index contributed by atoms with van der Waals surface area (Å²) in [5.74, 6) is 1.02. The first kappa shape index (κ1) is 12.2. The summed E-state index contributed by atoms with van der Waals surface area (Å²) >= 11 is 0. The zero-order valence-electron chi connectivity index (χ0n) is 11.3. The predicted octanol–water partition coefficient (Wildman–Crippen LogP) is 2.82. The number of rotatable bonds is 4. The van der Waals surface area contributed by atoms with Crippen LogP contribution in [0.15, 0.2) is 30.3 Å². The van der Waals surface area contributed by atoms with Crippen LogP contribution in [-0.2, 0) is 0 Å². The van der Waals surface area contributed by atoms with Gasteiger partial charge in [0.2, 0.25) is 0 Å². The van der Waals surface area contributed by atoms with Crippen LogP contribution in [0.1, 0.15) is 37.8 Å². The minimum Gasteiger partial charge on any atom is -0.314 e. The molecule has 98 valence electrons. The van der Waals surface area contributed by atoms with Crippen LogP contribution < -0.4 is 5.32 Å². The van der Waals surface area contributed by atoms with E-state index in [1.807, 2.05) is 0 Å². The van der Waals surface area contributed by atoms with Crippen LogP contribution in [0.5, 0.6) is 0 Å². The lowest BCUT2D eigenvalue weighted by atomic mass is 9.99. The number of piperazine rings is 1. The van der Waals surface area contributed by atoms with Crippen molar-refractivity contribution in [1.29, 1.82) is 0 Å². The van der Waals surface area contributed by atoms with Crippen LogP contribution in [0.4, 0.5) is 0 Å². The van der Waals surface area contributed by atoms with Gasteiger partial charge in [0.1, 0.15) is 0 Å². The fourth-order valence-corrected chi connectivity index (χ4v) is 3.20. The van der Waals surface area contributed by atoms with E-state index in [4.69, 9.17) is 0 Å². The van der Waals surface area contributed by atoms with Gasteiger partial charge in [0.25, 0.3) is 0 Å². The lowest BCUT2D eigenvalue weighted by Gasteiger charge is -2.40. The Balaban J connectivity index is 1.72. The molecule has 0 amide bonds. The zero-order chi connectivity index (χ0) is 12.4. The summed E-state index contributed by atoms with van der Waals surface area (Å²) < 4.78 is 0. The van der Waals surface area contributed by atoms with Gasteiger partial charge in [0, 0.05) is 31.7 Å². The van der Waals surface area contributed by atoms with Crippen LogP contribution in [0.3, 0.4) is 0 Å². The molecule has 0 radical (unpaired) electrons. The van der Waals surface area contributed by atoms with E-state index in [2.05, 4.69) is 47.5 Å². The molecule has 3 rings (SSSR count). The predicted molar refractivity (Wildman–Crippen MR) is 75.6 cm³/mol. The zero-order valence-corrected chi connectivity index (χ0v) is 11.3. The lowest BCUT2D eigenvalue weighted by molar-refractivity contribution is 0.106. The number of benzene rings is 1. The van der Waals surface area contributed by atoms with Gasteiger partial charge in [-0.25, -0.2) is 0 Å². The largest absolute Gasteiger partial charge is 0.314 e. The molecule has 2 fully saturated rings. The van der Waals surface area contributed by atoms with Gasteiger partial charge >= 0.3 is 0 Å². The highest BCUT2D eigenvalue weighted by atomic mass is 15.2. The SMILES string of the molecule is CC(CC1CC1)N1CCNCC1c1ccccc1. The summed E-state index contributed by atoms with van der Waals surface area (Å²) in [7, 11) is 0. The summed E-state index contributed by atoms with van der Waals surface area (Å²) in [6.07, 6.45) is 4.32. The molecule has 1 aromatic carbocycles. The van der Waals surface area contributed by atoms with Gasteiger partial charge in [0.05, 0.1) is 0 Å². The molecule has 1 aromatic rings. The van der Waals surface area contributed by atoms with Crippen molar-refractivity contribution < 1.29 is 0 Å². The van der Waals surface area contributed by atoms with Crippen LogP contribution in [-0.4, -0.2) is 30.6 Å². The van der Waals surface area contributed by atoms with Crippen molar-refractivity contribution in [3.05, 3.63) is 35.9 Å². The van der Waals surface area contributed by atoms with E-state index < -0.39 is 0 Å². The van der Waals surface area contributed by atoms with E-state index >= 15 is 0 Å². The molecule has 0 aromatic heterocycles. The molecule has 2 heteroatoms. The first-order valence-corrected chi connectivity index (χ1v) is 7.36. The lowest BCUT2D eigenvalue weighted by Crippen LogP contribution is -2.49. The van der Waals surface area contributed by atoms with Crippen molar-refractivity contribution in [2.45, 2.75) is 38.3 Å². The monoisotopic (exact) mass is 244 g/mol. The highest BCUT2D eigenvalue weighted by Crippen LogP contribution is 2.36. The Hall–Kier alpha value is -0.860. The van der Waals surface area contributed by atoms with Crippen LogP contribution in [0.2, 0.25) is 0 Å². The average Bonchev–Trinajstić information content (AvgIpc) is 3.24. The summed E-state index contributed by atoms with van der Waals surface area (Å²) in [4.78, 5) is 2.71. The molecule has 0 spiro atoms. The van der Waals surface area contributed by atoms with Crippen molar-refractivity contribution in [2.24, 2.45) is 5.92 Å². The van der Waals surface area contributed by atoms with Crippen LogP contribution in [0.25, 0.3) is 0 Å². The number of hydrogen-bond donors (Lipinski definition) is 1. The molecule has 1 aliphatic carbocycles. The number of nitrogens with zero attached hydrogens (tertiary/aromatic N) is 1. The van der Waals surface area contributed by atoms with E-state index in [-0.39, 0.29) is 0 Å². The average molecular weight is 244 g/mol. The molecular weight excluding hydrogens is 220 g/mol. The second-order valence-corrected chi connectivity index (χ2v) is 5.90. The Bertz CT molecular complexity index is 372. The molecule has 18 heavy (non-hydrogen) atoms. The van der Waals surface area contributed by atoms with Crippen molar-refractivity contribution in [3.8, 4) is 0 Å². The molecule has 2 nitrogen and oxygen atoms in total. The maximum absolute atomic E-state index is 3.55. The summed E-state index contributed by atoms with van der Waals surface area (Å²) in [6, 6.07) is 12.3. The van der Waals surface area contributed by atoms with E-state index in [0.717, 1.165) is 25.0 Å². The first-order chi connectivity index (χ1) is 8.84. The summed E-state index contributed by atoms with van der Waals surface area (Å²) in [6.45, 7) is 5.84. The molecule has 2 unspecified atom stereocenters. The fraction of sp³-hybridized carbons (Fsp3) is 0.625. The minimum absolute atomic E-state index is 0.564. The van der Waals surface area contributed by atoms with E-state index in [1.54, 1.807) is 0 Å². The third-order valence-corrected chi connectivity index (χ3v) is 4.41. The van der Waals surface area contributed by atoms with Gasteiger partial charge in [-0.2, -0.15) is 0 Å². The maximum atomic E-state index is 3.55.